The molecule has 0 aromatic heterocycles. The van der Waals surface area contributed by atoms with Gasteiger partial charge in [-0.15, -0.1) is 0 Å². The van der Waals surface area contributed by atoms with Gasteiger partial charge in [-0.3, -0.25) is 9.59 Å². The lowest BCUT2D eigenvalue weighted by molar-refractivity contribution is -0.149. The van der Waals surface area contributed by atoms with Crippen LogP contribution in [0.2, 0.25) is 0 Å². The van der Waals surface area contributed by atoms with Crippen molar-refractivity contribution in [2.45, 2.75) is 123 Å². The maximum Gasteiger partial charge on any atom is 0.302 e. The highest BCUT2D eigenvalue weighted by Crippen LogP contribution is 2.15. The average molecular weight is 386 g/mol. The number of hydrogen-bond acceptors (Lipinski definition) is 4. The van der Waals surface area contributed by atoms with Gasteiger partial charge < -0.3 is 15.2 Å². The minimum absolute atomic E-state index is 0.225. The highest BCUT2D eigenvalue weighted by molar-refractivity contribution is 5.73. The summed E-state index contributed by atoms with van der Waals surface area (Å²) in [4.78, 5) is 22.5. The number of rotatable bonds is 18. The molecule has 0 aliphatic carbocycles. The third-order valence-electron chi connectivity index (χ3n) is 4.94. The van der Waals surface area contributed by atoms with Gasteiger partial charge in [0.1, 0.15) is 6.10 Å². The molecule has 5 nitrogen and oxygen atoms in total. The first-order valence-corrected chi connectivity index (χ1v) is 11.1. The van der Waals surface area contributed by atoms with E-state index in [0.717, 1.165) is 12.8 Å². The van der Waals surface area contributed by atoms with Crippen LogP contribution in [0.3, 0.4) is 0 Å². The summed E-state index contributed by atoms with van der Waals surface area (Å²) in [5.74, 6) is -0.602. The van der Waals surface area contributed by atoms with Gasteiger partial charge in [-0.1, -0.05) is 84.0 Å². The van der Waals surface area contributed by atoms with Crippen LogP contribution in [0.5, 0.6) is 0 Å². The fraction of sp³-hybridized carbons (Fsp3) is 0.909. The monoisotopic (exact) mass is 385 g/mol. The number of amides is 1. The zero-order valence-corrected chi connectivity index (χ0v) is 17.9. The molecule has 0 unspecified atom stereocenters. The second kappa shape index (κ2) is 18.3. The van der Waals surface area contributed by atoms with Crippen molar-refractivity contribution < 1.29 is 19.4 Å². The van der Waals surface area contributed by atoms with Gasteiger partial charge in [-0.25, -0.2) is 0 Å². The van der Waals surface area contributed by atoms with Crippen LogP contribution in [0.15, 0.2) is 0 Å². The lowest BCUT2D eigenvalue weighted by Gasteiger charge is -2.25. The lowest BCUT2D eigenvalue weighted by Crippen LogP contribution is -2.46. The van der Waals surface area contributed by atoms with Crippen molar-refractivity contribution in [2.24, 2.45) is 0 Å². The van der Waals surface area contributed by atoms with Crippen LogP contribution in [0.25, 0.3) is 0 Å². The zero-order valence-electron chi connectivity index (χ0n) is 17.9. The van der Waals surface area contributed by atoms with Gasteiger partial charge in [-0.05, 0) is 12.8 Å². The van der Waals surface area contributed by atoms with E-state index in [-0.39, 0.29) is 18.5 Å². The molecule has 0 aromatic rings. The summed E-state index contributed by atoms with van der Waals surface area (Å²) in [5.41, 5.74) is 0. The van der Waals surface area contributed by atoms with E-state index in [0.29, 0.717) is 6.42 Å². The third kappa shape index (κ3) is 16.8. The van der Waals surface area contributed by atoms with Crippen LogP contribution in [0.4, 0.5) is 0 Å². The van der Waals surface area contributed by atoms with Gasteiger partial charge in [0.2, 0.25) is 5.91 Å². The number of hydrogen-bond donors (Lipinski definition) is 2. The summed E-state index contributed by atoms with van der Waals surface area (Å²) in [6.07, 6.45) is 16.9. The Morgan fingerprint density at radius 1 is 0.815 bits per heavy atom. The quantitative estimate of drug-likeness (QED) is 0.260. The number of aliphatic hydroxyl groups excluding tert-OH is 1. The normalized spacial score (nSPS) is 13.2. The summed E-state index contributed by atoms with van der Waals surface area (Å²) in [6.45, 7) is 4.79. The summed E-state index contributed by atoms with van der Waals surface area (Å²) in [5, 5.41) is 12.1. The van der Waals surface area contributed by atoms with Gasteiger partial charge in [-0.2, -0.15) is 0 Å². The van der Waals surface area contributed by atoms with Gasteiger partial charge in [0.25, 0.3) is 0 Å². The molecule has 2 N–H and O–H groups in total. The van der Waals surface area contributed by atoms with Gasteiger partial charge in [0, 0.05) is 13.8 Å². The Hall–Kier alpha value is -1.10. The van der Waals surface area contributed by atoms with Crippen molar-refractivity contribution in [2.75, 3.05) is 6.61 Å². The second-order valence-corrected chi connectivity index (χ2v) is 7.67. The highest BCUT2D eigenvalue weighted by Gasteiger charge is 2.24. The van der Waals surface area contributed by atoms with E-state index in [1.807, 2.05) is 0 Å². The maximum absolute atomic E-state index is 11.3. The Bertz CT molecular complexity index is 373. The second-order valence-electron chi connectivity index (χ2n) is 7.67. The zero-order chi connectivity index (χ0) is 20.3. The Labute approximate surface area is 166 Å². The fourth-order valence-electron chi connectivity index (χ4n) is 3.44. The Morgan fingerprint density at radius 2 is 1.26 bits per heavy atom. The molecule has 0 aliphatic heterocycles. The van der Waals surface area contributed by atoms with E-state index in [2.05, 4.69) is 12.2 Å². The average Bonchev–Trinajstić information content (AvgIpc) is 2.62. The van der Waals surface area contributed by atoms with Crippen LogP contribution in [0.1, 0.15) is 111 Å². The molecule has 2 atom stereocenters. The highest BCUT2D eigenvalue weighted by atomic mass is 16.5. The first-order valence-electron chi connectivity index (χ1n) is 11.1. The number of unbranched alkanes of at least 4 members (excludes halogenated alkanes) is 12. The SMILES string of the molecule is CCCCCCCCCCCCCCC[C@H](OC(C)=O)[C@@H](CO)NC(C)=O. The predicted molar refractivity (Wildman–Crippen MR) is 111 cm³/mol. The van der Waals surface area contributed by atoms with E-state index in [1.54, 1.807) is 0 Å². The summed E-state index contributed by atoms with van der Waals surface area (Å²) >= 11 is 0. The first-order chi connectivity index (χ1) is 13.0. The molecule has 0 saturated carbocycles. The van der Waals surface area contributed by atoms with Crippen LogP contribution >= 0.6 is 0 Å². The molecule has 160 valence electrons. The van der Waals surface area contributed by atoms with E-state index in [1.165, 1.54) is 84.5 Å². The predicted octanol–water partition coefficient (Wildman–Crippen LogP) is 4.90. The van der Waals surface area contributed by atoms with Gasteiger partial charge >= 0.3 is 5.97 Å². The van der Waals surface area contributed by atoms with Crippen molar-refractivity contribution in [1.82, 2.24) is 5.32 Å². The Morgan fingerprint density at radius 3 is 1.63 bits per heavy atom. The van der Waals surface area contributed by atoms with E-state index in [4.69, 9.17) is 4.74 Å². The van der Waals surface area contributed by atoms with Crippen molar-refractivity contribution >= 4 is 11.9 Å². The number of esters is 1. The topological polar surface area (TPSA) is 75.6 Å². The minimum atomic E-state index is -0.524. The van der Waals surface area contributed by atoms with Gasteiger partial charge in [0.05, 0.1) is 12.6 Å². The number of nitrogens with one attached hydrogen (secondary N) is 1. The Kier molecular flexibility index (Phi) is 17.5. The molecule has 0 saturated heterocycles. The minimum Gasteiger partial charge on any atom is -0.460 e. The van der Waals surface area contributed by atoms with Crippen molar-refractivity contribution in [3.8, 4) is 0 Å². The molecule has 0 spiro atoms. The van der Waals surface area contributed by atoms with Crippen molar-refractivity contribution in [3.05, 3.63) is 0 Å². The molecule has 0 rings (SSSR count). The molecular weight excluding hydrogens is 342 g/mol. The molecule has 27 heavy (non-hydrogen) atoms. The van der Waals surface area contributed by atoms with Crippen molar-refractivity contribution in [3.63, 3.8) is 0 Å². The maximum atomic E-state index is 11.3. The molecule has 0 aliphatic rings. The molecule has 1 amide bonds. The smallest absolute Gasteiger partial charge is 0.302 e. The van der Waals surface area contributed by atoms with Crippen LogP contribution in [-0.2, 0) is 14.3 Å². The molecular formula is C22H43NO4. The molecule has 0 bridgehead atoms. The molecule has 5 heteroatoms. The number of aliphatic hydroxyl groups is 1. The fourth-order valence-corrected chi connectivity index (χ4v) is 3.44. The third-order valence-corrected chi connectivity index (χ3v) is 4.94. The Balaban J connectivity index is 3.73. The number of carbonyl (C=O) groups excluding carboxylic acids is 2. The standard InChI is InChI=1S/C22H43NO4/c1-4-5-6-7-8-9-10-11-12-13-14-15-16-17-22(27-20(3)26)21(18-24)23-19(2)25/h21-22,24H,4-18H2,1-3H3,(H,23,25)/t21-,22+/m1/s1. The molecule has 0 fully saturated rings. The molecule has 0 heterocycles. The van der Waals surface area contributed by atoms with E-state index in [9.17, 15) is 14.7 Å². The first kappa shape index (κ1) is 25.9. The summed E-state index contributed by atoms with van der Waals surface area (Å²) in [7, 11) is 0. The van der Waals surface area contributed by atoms with Crippen LogP contribution < -0.4 is 5.32 Å². The number of carbonyl (C=O) groups is 2. The van der Waals surface area contributed by atoms with Gasteiger partial charge in [0.15, 0.2) is 0 Å². The van der Waals surface area contributed by atoms with Crippen LogP contribution in [0, 0.1) is 0 Å². The summed E-state index contributed by atoms with van der Waals surface area (Å²) < 4.78 is 5.30. The van der Waals surface area contributed by atoms with Crippen molar-refractivity contribution in [1.29, 1.82) is 0 Å². The molecule has 0 aromatic carbocycles. The number of ether oxygens (including phenoxy) is 1. The van der Waals surface area contributed by atoms with E-state index < -0.39 is 12.1 Å². The largest absolute Gasteiger partial charge is 0.460 e. The summed E-state index contributed by atoms with van der Waals surface area (Å²) in [6, 6.07) is -0.524. The molecule has 0 radical (unpaired) electrons. The van der Waals surface area contributed by atoms with Crippen LogP contribution in [-0.4, -0.2) is 35.7 Å². The van der Waals surface area contributed by atoms with E-state index >= 15 is 0 Å². The lowest BCUT2D eigenvalue weighted by atomic mass is 10.0.